The van der Waals surface area contributed by atoms with Crippen molar-refractivity contribution in [3.63, 3.8) is 0 Å². The van der Waals surface area contributed by atoms with Gasteiger partial charge in [-0.2, -0.15) is 0 Å². The minimum Gasteiger partial charge on any atom is -0.497 e. The van der Waals surface area contributed by atoms with Crippen LogP contribution in [0, 0.1) is 0 Å². The number of carbonyl (C=O) groups excluding carboxylic acids is 4. The van der Waals surface area contributed by atoms with Gasteiger partial charge in [-0.1, -0.05) is 30.3 Å². The van der Waals surface area contributed by atoms with Crippen molar-refractivity contribution in [1.82, 2.24) is 10.2 Å². The minimum absolute atomic E-state index is 0.0974. The van der Waals surface area contributed by atoms with Gasteiger partial charge in [-0.25, -0.2) is 4.79 Å². The molecule has 2 heterocycles. The molecule has 0 bridgehead atoms. The molecule has 2 aliphatic heterocycles. The van der Waals surface area contributed by atoms with Crippen molar-refractivity contribution in [2.75, 3.05) is 23.9 Å². The number of methoxy groups -OCH3 is 1. The first-order valence-corrected chi connectivity index (χ1v) is 11.6. The van der Waals surface area contributed by atoms with Crippen molar-refractivity contribution in [3.8, 4) is 5.75 Å². The first-order valence-electron chi connectivity index (χ1n) is 11.6. The molecule has 1 fully saturated rings. The second-order valence-electron chi connectivity index (χ2n) is 9.26. The number of hydrogen-bond donors (Lipinski definition) is 2. The molecule has 9 nitrogen and oxygen atoms in total. The van der Waals surface area contributed by atoms with E-state index in [1.54, 1.807) is 51.3 Å². The van der Waals surface area contributed by atoms with Crippen molar-refractivity contribution in [1.29, 1.82) is 0 Å². The number of urea groups is 1. The maximum absolute atomic E-state index is 13.5. The zero-order valence-corrected chi connectivity index (χ0v) is 20.2. The topological polar surface area (TPSA) is 108 Å². The Bertz CT molecular complexity index is 1420. The molecule has 0 aliphatic carbocycles. The smallest absolute Gasteiger partial charge is 0.325 e. The van der Waals surface area contributed by atoms with Crippen LogP contribution in [0.3, 0.4) is 0 Å². The van der Waals surface area contributed by atoms with Gasteiger partial charge in [-0.3, -0.25) is 19.3 Å². The highest BCUT2D eigenvalue weighted by Gasteiger charge is 2.50. The molecule has 1 saturated heterocycles. The Balaban J connectivity index is 1.42. The van der Waals surface area contributed by atoms with E-state index in [-0.39, 0.29) is 12.3 Å². The lowest BCUT2D eigenvalue weighted by molar-refractivity contribution is -0.134. The van der Waals surface area contributed by atoms with Crippen molar-refractivity contribution in [2.45, 2.75) is 31.8 Å². The van der Waals surface area contributed by atoms with Crippen LogP contribution in [0.5, 0.6) is 5.75 Å². The zero-order valence-electron chi connectivity index (χ0n) is 20.2. The highest BCUT2D eigenvalue weighted by molar-refractivity contribution is 6.12. The molecule has 3 aromatic rings. The van der Waals surface area contributed by atoms with Crippen molar-refractivity contribution < 1.29 is 23.9 Å². The largest absolute Gasteiger partial charge is 0.497 e. The lowest BCUT2D eigenvalue weighted by Crippen LogP contribution is -2.47. The fourth-order valence-corrected chi connectivity index (χ4v) is 4.88. The highest BCUT2D eigenvalue weighted by atomic mass is 16.5. The average Bonchev–Trinajstić information content (AvgIpc) is 2.99. The summed E-state index contributed by atoms with van der Waals surface area (Å²) >= 11 is 0. The molecule has 0 unspecified atom stereocenters. The molecule has 3 aromatic carbocycles. The summed E-state index contributed by atoms with van der Waals surface area (Å²) in [4.78, 5) is 54.6. The Kier molecular flexibility index (Phi) is 5.62. The van der Waals surface area contributed by atoms with Crippen LogP contribution >= 0.6 is 0 Å². The predicted octanol–water partition coefficient (Wildman–Crippen LogP) is 3.38. The van der Waals surface area contributed by atoms with Crippen LogP contribution in [0.1, 0.15) is 25.8 Å². The van der Waals surface area contributed by atoms with E-state index in [0.717, 1.165) is 21.4 Å². The predicted molar refractivity (Wildman–Crippen MR) is 135 cm³/mol. The number of anilines is 2. The van der Waals surface area contributed by atoms with Gasteiger partial charge >= 0.3 is 6.03 Å². The zero-order chi connectivity index (χ0) is 25.6. The number of fused-ring (bicyclic) bond motifs is 2. The third kappa shape index (κ3) is 3.82. The van der Waals surface area contributed by atoms with Gasteiger partial charge in [0.1, 0.15) is 17.8 Å². The molecule has 2 atom stereocenters. The molecule has 5 amide bonds. The molecule has 36 heavy (non-hydrogen) atoms. The van der Waals surface area contributed by atoms with E-state index >= 15 is 0 Å². The number of carbonyl (C=O) groups is 4. The molecule has 9 heteroatoms. The number of para-hydroxylation sites is 2. The van der Waals surface area contributed by atoms with Crippen LogP contribution < -0.4 is 20.3 Å². The van der Waals surface area contributed by atoms with Crippen LogP contribution in [0.4, 0.5) is 16.2 Å². The quantitative estimate of drug-likeness (QED) is 0.550. The minimum atomic E-state index is -1.33. The number of hydrogen-bond acceptors (Lipinski definition) is 5. The van der Waals surface area contributed by atoms with Gasteiger partial charge in [0.2, 0.25) is 11.8 Å². The van der Waals surface area contributed by atoms with Crippen molar-refractivity contribution in [2.24, 2.45) is 0 Å². The third-order valence-corrected chi connectivity index (χ3v) is 6.82. The number of amides is 5. The average molecular weight is 487 g/mol. The summed E-state index contributed by atoms with van der Waals surface area (Å²) < 4.78 is 5.27. The van der Waals surface area contributed by atoms with Crippen LogP contribution in [0.15, 0.2) is 60.7 Å². The van der Waals surface area contributed by atoms with Crippen molar-refractivity contribution >= 4 is 45.9 Å². The van der Waals surface area contributed by atoms with Gasteiger partial charge in [0.15, 0.2) is 0 Å². The normalized spacial score (nSPS) is 21.6. The summed E-state index contributed by atoms with van der Waals surface area (Å²) in [6.45, 7) is 2.95. The fraction of sp³-hybridized carbons (Fsp3) is 0.259. The van der Waals surface area contributed by atoms with Gasteiger partial charge in [-0.15, -0.1) is 0 Å². The first kappa shape index (κ1) is 23.3. The van der Waals surface area contributed by atoms with E-state index in [1.165, 1.54) is 4.90 Å². The van der Waals surface area contributed by atoms with Crippen LogP contribution in [-0.2, 0) is 19.9 Å². The van der Waals surface area contributed by atoms with E-state index in [4.69, 9.17) is 4.74 Å². The number of imide groups is 1. The number of rotatable bonds is 4. The van der Waals surface area contributed by atoms with Crippen LogP contribution in [0.25, 0.3) is 10.8 Å². The number of nitrogens with zero attached hydrogens (tertiary/aromatic N) is 2. The lowest BCUT2D eigenvalue weighted by atomic mass is 9.90. The molecule has 184 valence electrons. The molecule has 0 saturated carbocycles. The van der Waals surface area contributed by atoms with E-state index < -0.39 is 36.0 Å². The summed E-state index contributed by atoms with van der Waals surface area (Å²) in [5, 5.41) is 7.39. The Morgan fingerprint density at radius 2 is 1.78 bits per heavy atom. The third-order valence-electron chi connectivity index (χ3n) is 6.82. The standard InChI is InChI=1S/C27H26N4O5/c1-16-12-23(32)28-21-6-4-5-7-22(21)31(16)24(33)15-30-25(34)27(2,29-26(30)35)19-10-8-18-14-20(36-3)11-9-17(18)13-19/h4-11,13-14,16H,12,15H2,1-3H3,(H,28,32)(H,29,35)/t16-,27+/m0/s1. The van der Waals surface area contributed by atoms with Crippen LogP contribution in [-0.4, -0.2) is 48.3 Å². The van der Waals surface area contributed by atoms with Gasteiger partial charge in [0.25, 0.3) is 5.91 Å². The lowest BCUT2D eigenvalue weighted by Gasteiger charge is -2.29. The van der Waals surface area contributed by atoms with Crippen LogP contribution in [0.2, 0.25) is 0 Å². The van der Waals surface area contributed by atoms with Gasteiger partial charge in [0, 0.05) is 12.5 Å². The fourth-order valence-electron chi connectivity index (χ4n) is 4.88. The van der Waals surface area contributed by atoms with Crippen molar-refractivity contribution in [3.05, 3.63) is 66.2 Å². The number of nitrogens with one attached hydrogen (secondary N) is 2. The Labute approximate surface area is 208 Å². The Morgan fingerprint density at radius 1 is 1.06 bits per heavy atom. The SMILES string of the molecule is COc1ccc2cc([C@@]3(C)NC(=O)N(CC(=O)N4c5ccccc5NC(=O)C[C@@H]4C)C3=O)ccc2c1. The molecule has 2 aliphatic rings. The van der Waals surface area contributed by atoms with E-state index in [0.29, 0.717) is 16.9 Å². The molecule has 0 aromatic heterocycles. The van der Waals surface area contributed by atoms with Gasteiger partial charge in [-0.05, 0) is 60.5 Å². The second kappa shape index (κ2) is 8.67. The molecule has 0 spiro atoms. The summed E-state index contributed by atoms with van der Waals surface area (Å²) in [6, 6.07) is 17.0. The van der Waals surface area contributed by atoms with Gasteiger partial charge < -0.3 is 20.3 Å². The van der Waals surface area contributed by atoms with E-state index in [2.05, 4.69) is 10.6 Å². The maximum atomic E-state index is 13.5. The molecule has 5 rings (SSSR count). The first-order chi connectivity index (χ1) is 17.2. The maximum Gasteiger partial charge on any atom is 0.325 e. The number of ether oxygens (including phenoxy) is 1. The molecular weight excluding hydrogens is 460 g/mol. The molecular formula is C27H26N4O5. The summed E-state index contributed by atoms with van der Waals surface area (Å²) in [6.07, 6.45) is 0.0974. The second-order valence-corrected chi connectivity index (χ2v) is 9.26. The Hall–Kier alpha value is -4.40. The monoisotopic (exact) mass is 486 g/mol. The highest BCUT2D eigenvalue weighted by Crippen LogP contribution is 2.34. The van der Waals surface area contributed by atoms with E-state index in [9.17, 15) is 19.2 Å². The van der Waals surface area contributed by atoms with Gasteiger partial charge in [0.05, 0.1) is 18.5 Å². The number of benzene rings is 3. The van der Waals surface area contributed by atoms with E-state index in [1.807, 2.05) is 30.3 Å². The Morgan fingerprint density at radius 3 is 2.56 bits per heavy atom. The molecule has 2 N–H and O–H groups in total. The summed E-state index contributed by atoms with van der Waals surface area (Å²) in [5.41, 5.74) is 0.318. The summed E-state index contributed by atoms with van der Waals surface area (Å²) in [5.74, 6) is -0.456. The summed E-state index contributed by atoms with van der Waals surface area (Å²) in [7, 11) is 1.60. The molecule has 0 radical (unpaired) electrons.